The first-order valence-corrected chi connectivity index (χ1v) is 13.8. The minimum absolute atomic E-state index is 0.0226. The first-order valence-electron chi connectivity index (χ1n) is 13.0. The molecule has 0 aliphatic carbocycles. The zero-order valence-electron chi connectivity index (χ0n) is 21.7. The van der Waals surface area contributed by atoms with Crippen LogP contribution < -0.4 is 10.2 Å². The summed E-state index contributed by atoms with van der Waals surface area (Å²) >= 11 is 12.4. The number of nitrogens with one attached hydrogen (secondary N) is 1. The molecule has 5 rings (SSSR count). The Hall–Kier alpha value is -2.63. The number of aromatic nitrogens is 4. The molecule has 0 radical (unpaired) electrons. The van der Waals surface area contributed by atoms with Crippen LogP contribution in [0.4, 0.5) is 19.0 Å². The molecule has 39 heavy (non-hydrogen) atoms. The van der Waals surface area contributed by atoms with Crippen molar-refractivity contribution in [2.24, 2.45) is 11.8 Å². The molecule has 2 aliphatic heterocycles. The molecule has 2 fully saturated rings. The Morgan fingerprint density at radius 1 is 1.21 bits per heavy atom. The third kappa shape index (κ3) is 5.95. The molecule has 1 unspecified atom stereocenters. The van der Waals surface area contributed by atoms with E-state index < -0.39 is 17.9 Å². The molecule has 2 aliphatic rings. The van der Waals surface area contributed by atoms with Gasteiger partial charge in [-0.1, -0.05) is 29.3 Å². The number of hydrogen-bond donors (Lipinski definition) is 1. The van der Waals surface area contributed by atoms with Gasteiger partial charge in [0.1, 0.15) is 11.3 Å². The van der Waals surface area contributed by atoms with Crippen molar-refractivity contribution in [1.29, 1.82) is 0 Å². The molecule has 2 saturated heterocycles. The normalized spacial score (nSPS) is 19.8. The van der Waals surface area contributed by atoms with Gasteiger partial charge in [0.15, 0.2) is 11.3 Å². The highest BCUT2D eigenvalue weighted by Gasteiger charge is 2.40. The highest BCUT2D eigenvalue weighted by molar-refractivity contribution is 6.35. The molecule has 13 heteroatoms. The van der Waals surface area contributed by atoms with Crippen LogP contribution in [0.25, 0.3) is 11.2 Å². The maximum Gasteiger partial charge on any atom is 0.437 e. The number of alkyl halides is 3. The summed E-state index contributed by atoms with van der Waals surface area (Å²) in [4.78, 5) is 24.4. The number of nitrogens with zero attached hydrogens (tertiary/aromatic N) is 6. The van der Waals surface area contributed by atoms with Crippen molar-refractivity contribution in [3.63, 3.8) is 0 Å². The molecule has 2 aromatic heterocycles. The zero-order chi connectivity index (χ0) is 27.9. The number of likely N-dealkylation sites (tertiary alicyclic amines) is 1. The number of hydrogen-bond acceptors (Lipinski definition) is 6. The molecule has 4 heterocycles. The number of fused-ring (bicyclic) bond motifs is 1. The lowest BCUT2D eigenvalue weighted by Crippen LogP contribution is -2.54. The van der Waals surface area contributed by atoms with Gasteiger partial charge in [-0.3, -0.25) is 4.79 Å². The molecule has 1 amide bonds. The minimum atomic E-state index is -4.68. The monoisotopic (exact) mass is 583 g/mol. The summed E-state index contributed by atoms with van der Waals surface area (Å²) in [5.74, 6) is 1.50. The Bertz CT molecular complexity index is 1360. The predicted molar refractivity (Wildman–Crippen MR) is 144 cm³/mol. The maximum absolute atomic E-state index is 13.8. The van der Waals surface area contributed by atoms with Gasteiger partial charge in [-0.25, -0.2) is 14.6 Å². The van der Waals surface area contributed by atoms with Crippen LogP contribution in [-0.4, -0.2) is 69.8 Å². The van der Waals surface area contributed by atoms with Gasteiger partial charge in [-0.05, 0) is 55.8 Å². The summed E-state index contributed by atoms with van der Waals surface area (Å²) in [5, 5.41) is 7.52. The van der Waals surface area contributed by atoms with Crippen molar-refractivity contribution in [3.05, 3.63) is 45.7 Å². The van der Waals surface area contributed by atoms with Crippen LogP contribution in [0.2, 0.25) is 10.0 Å². The lowest BCUT2D eigenvalue weighted by Gasteiger charge is -2.47. The van der Waals surface area contributed by atoms with E-state index in [1.54, 1.807) is 25.1 Å². The van der Waals surface area contributed by atoms with Crippen LogP contribution in [0, 0.1) is 11.8 Å². The molecule has 2 atom stereocenters. The predicted octanol–water partition coefficient (Wildman–Crippen LogP) is 5.05. The van der Waals surface area contributed by atoms with Gasteiger partial charge >= 0.3 is 6.18 Å². The van der Waals surface area contributed by atoms with Crippen LogP contribution in [0.1, 0.15) is 44.0 Å². The van der Waals surface area contributed by atoms with E-state index >= 15 is 0 Å². The Labute approximate surface area is 234 Å². The molecular formula is C26H30Cl2F3N7O. The van der Waals surface area contributed by atoms with Gasteiger partial charge in [0, 0.05) is 49.7 Å². The molecule has 1 aromatic carbocycles. The molecule has 0 saturated carbocycles. The van der Waals surface area contributed by atoms with Crippen molar-refractivity contribution < 1.29 is 18.0 Å². The summed E-state index contributed by atoms with van der Waals surface area (Å²) in [6, 6.07) is 4.23. The van der Waals surface area contributed by atoms with Crippen molar-refractivity contribution in [2.45, 2.75) is 38.9 Å². The fourth-order valence-electron chi connectivity index (χ4n) is 5.55. The van der Waals surface area contributed by atoms with Crippen LogP contribution >= 0.6 is 23.2 Å². The molecule has 3 aromatic rings. The van der Waals surface area contributed by atoms with Crippen LogP contribution in [0.15, 0.2) is 24.4 Å². The standard InChI is InChI=1S/C26H30Cl2F3N7O/c1-15(20-6-5-19(27)10-21(20)28)38-25-23(24(35-38)26(29,30)31)33-11-22(34-25)37-13-18(14-37)17-4-3-8-36(12-17)9-7-32-16(2)39/h5-6,10-11,15,17-18H,3-4,7-9,12-14H2,1-2H3,(H,32,39)/t15-,17?/m1/s1. The van der Waals surface area contributed by atoms with E-state index in [9.17, 15) is 18.0 Å². The van der Waals surface area contributed by atoms with E-state index in [-0.39, 0.29) is 17.1 Å². The lowest BCUT2D eigenvalue weighted by molar-refractivity contribution is -0.140. The third-order valence-corrected chi connectivity index (χ3v) is 8.25. The smallest absolute Gasteiger partial charge is 0.355 e. The number of benzene rings is 1. The van der Waals surface area contributed by atoms with E-state index in [0.717, 1.165) is 45.6 Å². The van der Waals surface area contributed by atoms with Crippen molar-refractivity contribution in [1.82, 2.24) is 30.0 Å². The van der Waals surface area contributed by atoms with Crippen LogP contribution in [-0.2, 0) is 11.0 Å². The molecule has 0 spiro atoms. The second kappa shape index (κ2) is 11.1. The summed E-state index contributed by atoms with van der Waals surface area (Å²) in [5.41, 5.74) is -0.724. The van der Waals surface area contributed by atoms with Gasteiger partial charge < -0.3 is 15.1 Å². The molecular weight excluding hydrogens is 554 g/mol. The van der Waals surface area contributed by atoms with E-state index in [2.05, 4.69) is 30.2 Å². The van der Waals surface area contributed by atoms with Gasteiger partial charge in [0.05, 0.1) is 12.2 Å². The Morgan fingerprint density at radius 2 is 1.97 bits per heavy atom. The fourth-order valence-corrected chi connectivity index (χ4v) is 6.12. The van der Waals surface area contributed by atoms with Crippen molar-refractivity contribution >= 4 is 46.1 Å². The Balaban J connectivity index is 1.34. The molecule has 8 nitrogen and oxygen atoms in total. The van der Waals surface area contributed by atoms with E-state index in [0.29, 0.717) is 39.8 Å². The highest BCUT2D eigenvalue weighted by atomic mass is 35.5. The third-order valence-electron chi connectivity index (χ3n) is 7.68. The molecule has 0 bridgehead atoms. The van der Waals surface area contributed by atoms with Crippen molar-refractivity contribution in [3.8, 4) is 0 Å². The van der Waals surface area contributed by atoms with E-state index in [1.807, 2.05) is 0 Å². The number of piperidine rings is 1. The number of amides is 1. The van der Waals surface area contributed by atoms with E-state index in [4.69, 9.17) is 23.2 Å². The first-order chi connectivity index (χ1) is 18.5. The summed E-state index contributed by atoms with van der Waals surface area (Å²) in [6.45, 7) is 8.24. The SMILES string of the molecule is CC(=O)NCCN1CCCC(C2CN(c3cnc4c(C(F)(F)F)nn([C@H](C)c5ccc(Cl)cc5Cl)c4n3)C2)C1. The Kier molecular flexibility index (Phi) is 7.94. The minimum Gasteiger partial charge on any atom is -0.355 e. The second-order valence-electron chi connectivity index (χ2n) is 10.4. The average molecular weight is 584 g/mol. The second-order valence-corrected chi connectivity index (χ2v) is 11.2. The van der Waals surface area contributed by atoms with Crippen LogP contribution in [0.5, 0.6) is 0 Å². The van der Waals surface area contributed by atoms with Gasteiger partial charge in [-0.2, -0.15) is 18.3 Å². The van der Waals surface area contributed by atoms with Gasteiger partial charge in [0.2, 0.25) is 5.91 Å². The quantitative estimate of drug-likeness (QED) is 0.419. The number of carbonyl (C=O) groups excluding carboxylic acids is 1. The number of anilines is 1. The first kappa shape index (κ1) is 27.9. The summed E-state index contributed by atoms with van der Waals surface area (Å²) < 4.78 is 42.8. The van der Waals surface area contributed by atoms with Gasteiger partial charge in [0.25, 0.3) is 0 Å². The highest BCUT2D eigenvalue weighted by Crippen LogP contribution is 2.38. The van der Waals surface area contributed by atoms with Gasteiger partial charge in [-0.15, -0.1) is 0 Å². The average Bonchev–Trinajstić information content (AvgIpc) is 3.22. The topological polar surface area (TPSA) is 79.2 Å². The van der Waals surface area contributed by atoms with Crippen molar-refractivity contribution in [2.75, 3.05) is 44.2 Å². The molecule has 210 valence electrons. The fraction of sp³-hybridized carbons (Fsp3) is 0.538. The van der Waals surface area contributed by atoms with Crippen LogP contribution in [0.3, 0.4) is 0 Å². The number of halogens is 5. The van der Waals surface area contributed by atoms with E-state index in [1.165, 1.54) is 17.8 Å². The zero-order valence-corrected chi connectivity index (χ0v) is 23.2. The lowest BCUT2D eigenvalue weighted by atomic mass is 9.80. The number of rotatable bonds is 7. The summed E-state index contributed by atoms with van der Waals surface area (Å²) in [7, 11) is 0. The largest absolute Gasteiger partial charge is 0.437 e. The maximum atomic E-state index is 13.8. The summed E-state index contributed by atoms with van der Waals surface area (Å²) in [6.07, 6.45) is -1.03. The Morgan fingerprint density at radius 3 is 2.67 bits per heavy atom. The number of carbonyl (C=O) groups is 1. The molecule has 1 N–H and O–H groups in total.